The molecular weight excluding hydrogens is 350 g/mol. The molecule has 0 saturated heterocycles. The van der Waals surface area contributed by atoms with Crippen molar-refractivity contribution in [2.45, 2.75) is 19.9 Å². The molecule has 3 rings (SSSR count). The second-order valence-electron chi connectivity index (χ2n) is 4.66. The number of hydrogen-bond acceptors (Lipinski definition) is 4. The van der Waals surface area contributed by atoms with Gasteiger partial charge >= 0.3 is 0 Å². The first kappa shape index (κ1) is 14.6. The number of imidazole rings is 1. The average Bonchev–Trinajstić information content (AvgIpc) is 3.02. The molecule has 0 amide bonds. The SMILES string of the molecule is CCCNCc1c(Oc2cccc(Br)c2)nc2sccn12. The Labute approximate surface area is 135 Å². The molecule has 0 aliphatic carbocycles. The lowest BCUT2D eigenvalue weighted by molar-refractivity contribution is 0.455. The summed E-state index contributed by atoms with van der Waals surface area (Å²) in [6, 6.07) is 7.80. The van der Waals surface area contributed by atoms with Crippen molar-refractivity contribution in [2.24, 2.45) is 0 Å². The summed E-state index contributed by atoms with van der Waals surface area (Å²) < 4.78 is 9.05. The van der Waals surface area contributed by atoms with Gasteiger partial charge in [0.15, 0.2) is 4.96 Å². The number of nitrogens with one attached hydrogen (secondary N) is 1. The summed E-state index contributed by atoms with van der Waals surface area (Å²) in [6.07, 6.45) is 3.14. The summed E-state index contributed by atoms with van der Waals surface area (Å²) in [4.78, 5) is 5.53. The molecule has 2 aromatic heterocycles. The maximum absolute atomic E-state index is 5.97. The van der Waals surface area contributed by atoms with Gasteiger partial charge in [0.25, 0.3) is 0 Å². The minimum atomic E-state index is 0.670. The van der Waals surface area contributed by atoms with E-state index in [1.165, 1.54) is 0 Å². The first-order chi connectivity index (χ1) is 10.3. The third-order valence-corrected chi connectivity index (χ3v) is 4.30. The number of ether oxygens (including phenoxy) is 1. The van der Waals surface area contributed by atoms with Gasteiger partial charge in [0.05, 0.1) is 0 Å². The largest absolute Gasteiger partial charge is 0.437 e. The molecule has 0 fully saturated rings. The van der Waals surface area contributed by atoms with Crippen molar-refractivity contribution in [3.05, 3.63) is 46.0 Å². The Balaban J connectivity index is 1.89. The number of benzene rings is 1. The van der Waals surface area contributed by atoms with Crippen LogP contribution in [0.1, 0.15) is 19.0 Å². The summed E-state index contributed by atoms with van der Waals surface area (Å²) in [5.74, 6) is 1.45. The molecule has 0 aliphatic heterocycles. The molecule has 3 aromatic rings. The van der Waals surface area contributed by atoms with Crippen LogP contribution in [0, 0.1) is 0 Å². The lowest BCUT2D eigenvalue weighted by atomic mass is 10.3. The van der Waals surface area contributed by atoms with Gasteiger partial charge in [-0.25, -0.2) is 0 Å². The normalized spacial score (nSPS) is 11.1. The van der Waals surface area contributed by atoms with Crippen molar-refractivity contribution >= 4 is 32.2 Å². The van der Waals surface area contributed by atoms with Gasteiger partial charge < -0.3 is 10.1 Å². The molecule has 0 radical (unpaired) electrons. The predicted molar refractivity (Wildman–Crippen MR) is 89.3 cm³/mol. The highest BCUT2D eigenvalue weighted by Gasteiger charge is 2.15. The Hall–Kier alpha value is -1.37. The van der Waals surface area contributed by atoms with Crippen LogP contribution in [-0.2, 0) is 6.54 Å². The number of rotatable bonds is 6. The summed E-state index contributed by atoms with van der Waals surface area (Å²) in [6.45, 7) is 3.88. The summed E-state index contributed by atoms with van der Waals surface area (Å²) in [5, 5.41) is 5.45. The zero-order valence-corrected chi connectivity index (χ0v) is 14.1. The van der Waals surface area contributed by atoms with Gasteiger partial charge in [0.1, 0.15) is 11.4 Å². The highest BCUT2D eigenvalue weighted by molar-refractivity contribution is 9.10. The van der Waals surface area contributed by atoms with E-state index in [4.69, 9.17) is 4.74 Å². The smallest absolute Gasteiger partial charge is 0.243 e. The van der Waals surface area contributed by atoms with Crippen LogP contribution in [0.5, 0.6) is 11.6 Å². The molecule has 0 saturated carbocycles. The Bertz CT molecular complexity index is 737. The lowest BCUT2D eigenvalue weighted by Crippen LogP contribution is -2.15. The van der Waals surface area contributed by atoms with E-state index in [9.17, 15) is 0 Å². The minimum absolute atomic E-state index is 0.670. The highest BCUT2D eigenvalue weighted by Crippen LogP contribution is 2.29. The molecule has 0 atom stereocenters. The lowest BCUT2D eigenvalue weighted by Gasteiger charge is -2.07. The van der Waals surface area contributed by atoms with E-state index in [0.29, 0.717) is 5.88 Å². The summed E-state index contributed by atoms with van der Waals surface area (Å²) >= 11 is 5.07. The third-order valence-electron chi connectivity index (χ3n) is 3.05. The Morgan fingerprint density at radius 3 is 3.14 bits per heavy atom. The standard InChI is InChI=1S/C15H16BrN3OS/c1-2-6-17-10-13-14(18-15-19(13)7-8-21-15)20-12-5-3-4-11(16)9-12/h3-5,7-9,17H,2,6,10H2,1H3. The molecule has 21 heavy (non-hydrogen) atoms. The molecule has 0 unspecified atom stereocenters. The monoisotopic (exact) mass is 365 g/mol. The molecule has 4 nitrogen and oxygen atoms in total. The molecule has 1 N–H and O–H groups in total. The van der Waals surface area contributed by atoms with Gasteiger partial charge in [-0.05, 0) is 31.2 Å². The van der Waals surface area contributed by atoms with Gasteiger partial charge in [-0.15, -0.1) is 11.3 Å². The van der Waals surface area contributed by atoms with Crippen LogP contribution in [0.25, 0.3) is 4.96 Å². The third kappa shape index (κ3) is 3.28. The van der Waals surface area contributed by atoms with Gasteiger partial charge in [-0.3, -0.25) is 4.40 Å². The van der Waals surface area contributed by atoms with Crippen molar-refractivity contribution in [3.8, 4) is 11.6 Å². The fraction of sp³-hybridized carbons (Fsp3) is 0.267. The van der Waals surface area contributed by atoms with Gasteiger partial charge in [-0.2, -0.15) is 4.98 Å². The summed E-state index contributed by atoms with van der Waals surface area (Å²) in [7, 11) is 0. The van der Waals surface area contributed by atoms with Gasteiger partial charge in [-0.1, -0.05) is 28.9 Å². The summed E-state index contributed by atoms with van der Waals surface area (Å²) in [5.41, 5.74) is 1.06. The van der Waals surface area contributed by atoms with Crippen LogP contribution in [-0.4, -0.2) is 15.9 Å². The Morgan fingerprint density at radius 1 is 1.43 bits per heavy atom. The van der Waals surface area contributed by atoms with Crippen molar-refractivity contribution in [1.29, 1.82) is 0 Å². The van der Waals surface area contributed by atoms with Gasteiger partial charge in [0, 0.05) is 22.6 Å². The van der Waals surface area contributed by atoms with E-state index < -0.39 is 0 Å². The number of nitrogens with zero attached hydrogens (tertiary/aromatic N) is 2. The first-order valence-corrected chi connectivity index (χ1v) is 8.53. The van der Waals surface area contributed by atoms with Crippen molar-refractivity contribution in [2.75, 3.05) is 6.54 Å². The molecule has 0 spiro atoms. The number of aromatic nitrogens is 2. The van der Waals surface area contributed by atoms with Crippen molar-refractivity contribution in [1.82, 2.24) is 14.7 Å². The average molecular weight is 366 g/mol. The number of hydrogen-bond donors (Lipinski definition) is 1. The van der Waals surface area contributed by atoms with E-state index in [-0.39, 0.29) is 0 Å². The topological polar surface area (TPSA) is 38.6 Å². The minimum Gasteiger partial charge on any atom is -0.437 e. The first-order valence-electron chi connectivity index (χ1n) is 6.86. The van der Waals surface area contributed by atoms with E-state index in [1.807, 2.05) is 35.8 Å². The quantitative estimate of drug-likeness (QED) is 0.655. The molecule has 6 heteroatoms. The van der Waals surface area contributed by atoms with Gasteiger partial charge in [0.2, 0.25) is 5.88 Å². The second kappa shape index (κ2) is 6.60. The van der Waals surface area contributed by atoms with Crippen molar-refractivity contribution < 1.29 is 4.74 Å². The fourth-order valence-corrected chi connectivity index (χ4v) is 3.18. The molecular formula is C15H16BrN3OS. The zero-order chi connectivity index (χ0) is 14.7. The predicted octanol–water partition coefficient (Wildman–Crippen LogP) is 4.45. The molecule has 110 valence electrons. The number of fused-ring (bicyclic) bond motifs is 1. The van der Waals surface area contributed by atoms with Crippen molar-refractivity contribution in [3.63, 3.8) is 0 Å². The van der Waals surface area contributed by atoms with E-state index in [2.05, 4.69) is 37.6 Å². The molecule has 0 aliphatic rings. The van der Waals surface area contributed by atoms with Crippen LogP contribution in [0.4, 0.5) is 0 Å². The molecule has 0 bridgehead atoms. The maximum atomic E-state index is 5.97. The Morgan fingerprint density at radius 2 is 2.33 bits per heavy atom. The number of thiazole rings is 1. The fourth-order valence-electron chi connectivity index (χ4n) is 2.08. The second-order valence-corrected chi connectivity index (χ2v) is 6.44. The van der Waals surface area contributed by atoms with Crippen LogP contribution in [0.15, 0.2) is 40.3 Å². The van der Waals surface area contributed by atoms with Crippen LogP contribution in [0.3, 0.4) is 0 Å². The van der Waals surface area contributed by atoms with Crippen LogP contribution < -0.4 is 10.1 Å². The Kier molecular flexibility index (Phi) is 4.57. The number of halogens is 1. The molecule has 1 aromatic carbocycles. The van der Waals surface area contributed by atoms with Crippen LogP contribution in [0.2, 0.25) is 0 Å². The molecule has 2 heterocycles. The van der Waals surface area contributed by atoms with E-state index >= 15 is 0 Å². The zero-order valence-electron chi connectivity index (χ0n) is 11.7. The van der Waals surface area contributed by atoms with Crippen LogP contribution >= 0.6 is 27.3 Å². The highest BCUT2D eigenvalue weighted by atomic mass is 79.9. The van der Waals surface area contributed by atoms with E-state index in [0.717, 1.165) is 40.4 Å². The van der Waals surface area contributed by atoms with E-state index in [1.54, 1.807) is 11.3 Å². The maximum Gasteiger partial charge on any atom is 0.243 e.